The van der Waals surface area contributed by atoms with E-state index < -0.39 is 0 Å². The number of fused-ring (bicyclic) bond motifs is 2. The van der Waals surface area contributed by atoms with Gasteiger partial charge in [-0.25, -0.2) is 4.79 Å². The number of hydrogen-bond acceptors (Lipinski definition) is 3. The molecule has 1 aliphatic carbocycles. The second kappa shape index (κ2) is 7.87. The Morgan fingerprint density at radius 1 is 1.04 bits per heavy atom. The van der Waals surface area contributed by atoms with Crippen LogP contribution in [0.2, 0.25) is 10.0 Å². The summed E-state index contributed by atoms with van der Waals surface area (Å²) in [5.41, 5.74) is 4.30. The summed E-state index contributed by atoms with van der Waals surface area (Å²) in [7, 11) is 0. The number of para-hydroxylation sites is 1. The van der Waals surface area contributed by atoms with Crippen molar-refractivity contribution in [2.24, 2.45) is 0 Å². The molecule has 0 radical (unpaired) electrons. The van der Waals surface area contributed by atoms with Crippen LogP contribution in [-0.2, 0) is 24.2 Å². The van der Waals surface area contributed by atoms with Gasteiger partial charge in [0, 0.05) is 26.7 Å². The molecule has 5 heteroatoms. The Hall–Kier alpha value is -2.10. The van der Waals surface area contributed by atoms with Gasteiger partial charge in [0.05, 0.1) is 11.1 Å². The van der Waals surface area contributed by atoms with Crippen LogP contribution in [0.15, 0.2) is 42.5 Å². The molecule has 1 heterocycles. The molecule has 138 valence electrons. The van der Waals surface area contributed by atoms with Gasteiger partial charge in [0.15, 0.2) is 0 Å². The van der Waals surface area contributed by atoms with Gasteiger partial charge in [-0.3, -0.25) is 4.98 Å². The van der Waals surface area contributed by atoms with E-state index in [-0.39, 0.29) is 12.6 Å². The van der Waals surface area contributed by atoms with Crippen LogP contribution >= 0.6 is 23.2 Å². The molecule has 4 rings (SSSR count). The molecule has 0 aliphatic heterocycles. The summed E-state index contributed by atoms with van der Waals surface area (Å²) in [6.07, 6.45) is 5.09. The number of esters is 1. The van der Waals surface area contributed by atoms with Crippen LogP contribution in [0, 0.1) is 0 Å². The summed E-state index contributed by atoms with van der Waals surface area (Å²) >= 11 is 12.1. The van der Waals surface area contributed by atoms with Gasteiger partial charge in [-0.15, -0.1) is 0 Å². The molecule has 1 aromatic heterocycles. The van der Waals surface area contributed by atoms with Gasteiger partial charge in [0.1, 0.15) is 6.61 Å². The third-order valence-electron chi connectivity index (χ3n) is 5.00. The van der Waals surface area contributed by atoms with Crippen molar-refractivity contribution in [1.82, 2.24) is 4.98 Å². The zero-order chi connectivity index (χ0) is 18.8. The van der Waals surface area contributed by atoms with E-state index >= 15 is 0 Å². The third-order valence-corrected chi connectivity index (χ3v) is 5.58. The molecule has 3 aromatic rings. The second-order valence-corrected chi connectivity index (χ2v) is 7.65. The van der Waals surface area contributed by atoms with E-state index in [9.17, 15) is 4.79 Å². The van der Waals surface area contributed by atoms with Crippen molar-refractivity contribution < 1.29 is 9.53 Å². The van der Waals surface area contributed by atoms with Gasteiger partial charge in [-0.2, -0.15) is 0 Å². The largest absolute Gasteiger partial charge is 0.457 e. The molecule has 0 N–H and O–H groups in total. The zero-order valence-electron chi connectivity index (χ0n) is 14.8. The van der Waals surface area contributed by atoms with E-state index in [2.05, 4.69) is 0 Å². The summed E-state index contributed by atoms with van der Waals surface area (Å²) in [6.45, 7) is 0.111. The predicted octanol–water partition coefficient (Wildman–Crippen LogP) is 6.17. The van der Waals surface area contributed by atoms with Crippen LogP contribution in [-0.4, -0.2) is 11.0 Å². The molecule has 0 fully saturated rings. The Morgan fingerprint density at radius 2 is 1.85 bits per heavy atom. The van der Waals surface area contributed by atoms with Crippen molar-refractivity contribution in [1.29, 1.82) is 0 Å². The van der Waals surface area contributed by atoms with Gasteiger partial charge in [0.2, 0.25) is 0 Å². The Bertz CT molecular complexity index is 1020. The number of pyridine rings is 1. The van der Waals surface area contributed by atoms with Crippen molar-refractivity contribution in [3.05, 3.63) is 74.9 Å². The van der Waals surface area contributed by atoms with Crippen molar-refractivity contribution >= 4 is 40.1 Å². The van der Waals surface area contributed by atoms with Gasteiger partial charge in [-0.05, 0) is 49.4 Å². The molecule has 0 spiro atoms. The number of rotatable bonds is 3. The normalized spacial score (nSPS) is 13.9. The quantitative estimate of drug-likeness (QED) is 0.390. The number of carbonyl (C=O) groups excluding carboxylic acids is 1. The number of nitrogens with zero attached hydrogens (tertiary/aromatic N) is 1. The van der Waals surface area contributed by atoms with Crippen LogP contribution < -0.4 is 0 Å². The number of halogens is 2. The smallest absolute Gasteiger partial charge is 0.339 e. The lowest BCUT2D eigenvalue weighted by molar-refractivity contribution is 0.0473. The first-order chi connectivity index (χ1) is 13.1. The highest BCUT2D eigenvalue weighted by Crippen LogP contribution is 2.30. The number of benzene rings is 2. The van der Waals surface area contributed by atoms with Crippen molar-refractivity contribution in [3.63, 3.8) is 0 Å². The molecule has 0 unspecified atom stereocenters. The first-order valence-corrected chi connectivity index (χ1v) is 9.90. The topological polar surface area (TPSA) is 39.2 Å². The molecular weight excluding hydrogens is 381 g/mol. The van der Waals surface area contributed by atoms with E-state index in [4.69, 9.17) is 32.9 Å². The fraction of sp³-hybridized carbons (Fsp3) is 0.273. The fourth-order valence-electron chi connectivity index (χ4n) is 3.64. The molecule has 0 amide bonds. The molecule has 0 saturated heterocycles. The van der Waals surface area contributed by atoms with Crippen LogP contribution in [0.25, 0.3) is 10.9 Å². The van der Waals surface area contributed by atoms with Crippen molar-refractivity contribution in [3.8, 4) is 0 Å². The number of carbonyl (C=O) groups is 1. The minimum atomic E-state index is -0.322. The van der Waals surface area contributed by atoms with E-state index in [1.165, 1.54) is 0 Å². The lowest BCUT2D eigenvalue weighted by Gasteiger charge is -2.15. The van der Waals surface area contributed by atoms with Crippen LogP contribution in [0.3, 0.4) is 0 Å². The Balaban J connectivity index is 1.71. The zero-order valence-corrected chi connectivity index (χ0v) is 16.3. The molecule has 27 heavy (non-hydrogen) atoms. The maximum atomic E-state index is 13.1. The lowest BCUT2D eigenvalue weighted by Crippen LogP contribution is -2.12. The Morgan fingerprint density at radius 3 is 2.70 bits per heavy atom. The van der Waals surface area contributed by atoms with E-state index in [1.54, 1.807) is 18.2 Å². The van der Waals surface area contributed by atoms with Crippen LogP contribution in [0.5, 0.6) is 0 Å². The number of hydrogen-bond donors (Lipinski definition) is 0. The van der Waals surface area contributed by atoms with E-state index in [0.717, 1.165) is 59.8 Å². The maximum Gasteiger partial charge on any atom is 0.339 e. The predicted molar refractivity (Wildman–Crippen MR) is 109 cm³/mol. The highest BCUT2D eigenvalue weighted by molar-refractivity contribution is 6.35. The summed E-state index contributed by atoms with van der Waals surface area (Å²) in [6, 6.07) is 12.9. The number of aromatic nitrogens is 1. The average Bonchev–Trinajstić information content (AvgIpc) is 2.90. The molecule has 0 saturated carbocycles. The van der Waals surface area contributed by atoms with Crippen LogP contribution in [0.4, 0.5) is 0 Å². The number of ether oxygens (including phenoxy) is 1. The Labute approximate surface area is 168 Å². The highest BCUT2D eigenvalue weighted by atomic mass is 35.5. The van der Waals surface area contributed by atoms with Crippen molar-refractivity contribution in [2.75, 3.05) is 0 Å². The summed E-state index contributed by atoms with van der Waals surface area (Å²) in [5, 5.41) is 1.90. The SMILES string of the molecule is O=C(OCc1ccc(Cl)cc1Cl)c1c2c(nc3ccccc13)CCCCC2. The fourth-order valence-corrected chi connectivity index (χ4v) is 4.10. The van der Waals surface area contributed by atoms with Crippen LogP contribution in [0.1, 0.15) is 46.4 Å². The van der Waals surface area contributed by atoms with E-state index in [1.807, 2.05) is 24.3 Å². The first-order valence-electron chi connectivity index (χ1n) is 9.15. The molecular formula is C22H19Cl2NO2. The Kier molecular flexibility index (Phi) is 5.33. The molecule has 1 aliphatic rings. The van der Waals surface area contributed by atoms with Gasteiger partial charge >= 0.3 is 5.97 Å². The molecule has 2 aromatic carbocycles. The number of aryl methyl sites for hydroxylation is 1. The third kappa shape index (κ3) is 3.80. The minimum absolute atomic E-state index is 0.111. The lowest BCUT2D eigenvalue weighted by atomic mass is 9.97. The maximum absolute atomic E-state index is 13.1. The summed E-state index contributed by atoms with van der Waals surface area (Å²) in [5.74, 6) is -0.322. The first kappa shape index (κ1) is 18.3. The van der Waals surface area contributed by atoms with Gasteiger partial charge in [-0.1, -0.05) is 53.9 Å². The van der Waals surface area contributed by atoms with Gasteiger partial charge < -0.3 is 4.74 Å². The molecule has 3 nitrogen and oxygen atoms in total. The summed E-state index contributed by atoms with van der Waals surface area (Å²) in [4.78, 5) is 17.9. The standard InChI is InChI=1S/C22H19Cl2NO2/c23-15-11-10-14(18(24)12-15)13-27-22(26)21-16-6-2-1-3-8-19(16)25-20-9-5-4-7-17(20)21/h4-5,7,9-12H,1-3,6,8,13H2. The molecule has 0 bridgehead atoms. The van der Waals surface area contributed by atoms with E-state index in [0.29, 0.717) is 15.6 Å². The summed E-state index contributed by atoms with van der Waals surface area (Å²) < 4.78 is 5.66. The molecule has 0 atom stereocenters. The average molecular weight is 400 g/mol. The second-order valence-electron chi connectivity index (χ2n) is 6.80. The highest BCUT2D eigenvalue weighted by Gasteiger charge is 2.23. The van der Waals surface area contributed by atoms with Gasteiger partial charge in [0.25, 0.3) is 0 Å². The monoisotopic (exact) mass is 399 g/mol. The minimum Gasteiger partial charge on any atom is -0.457 e. The van der Waals surface area contributed by atoms with Crippen molar-refractivity contribution in [2.45, 2.75) is 38.7 Å².